The second-order valence-corrected chi connectivity index (χ2v) is 7.25. The van der Waals surface area contributed by atoms with Gasteiger partial charge in [0.15, 0.2) is 5.96 Å². The van der Waals surface area contributed by atoms with E-state index in [0.717, 1.165) is 5.56 Å². The van der Waals surface area contributed by atoms with Gasteiger partial charge in [0.2, 0.25) is 0 Å². The third-order valence-electron chi connectivity index (χ3n) is 4.97. The molecular formula is C23H26F2IN7. The van der Waals surface area contributed by atoms with Crippen molar-refractivity contribution in [2.24, 2.45) is 4.99 Å². The summed E-state index contributed by atoms with van der Waals surface area (Å²) in [5.74, 6) is 0.260. The highest BCUT2D eigenvalue weighted by Crippen LogP contribution is 2.21. The molecule has 10 heteroatoms. The molecule has 0 aliphatic carbocycles. The van der Waals surface area contributed by atoms with Gasteiger partial charge in [0.05, 0.1) is 11.4 Å². The average Bonchev–Trinajstić information content (AvgIpc) is 3.11. The molecule has 0 unspecified atom stereocenters. The first kappa shape index (κ1) is 26.1. The first-order valence-corrected chi connectivity index (χ1v) is 10.2. The third kappa shape index (κ3) is 6.64. The summed E-state index contributed by atoms with van der Waals surface area (Å²) in [5, 5.41) is 20.3. The molecule has 0 saturated heterocycles. The Hall–Kier alpha value is -3.20. The Balaban J connectivity index is 0.00000385. The molecule has 1 aromatic heterocycles. The molecule has 7 nitrogen and oxygen atoms in total. The highest BCUT2D eigenvalue weighted by molar-refractivity contribution is 14.0. The van der Waals surface area contributed by atoms with Crippen molar-refractivity contribution in [1.82, 2.24) is 20.4 Å². The number of rotatable bonds is 7. The summed E-state index contributed by atoms with van der Waals surface area (Å²) in [6, 6.07) is 12.8. The van der Waals surface area contributed by atoms with Crippen LogP contribution in [-0.4, -0.2) is 29.3 Å². The molecule has 3 aromatic rings. The van der Waals surface area contributed by atoms with Gasteiger partial charge in [-0.15, -0.1) is 24.0 Å². The third-order valence-corrected chi connectivity index (χ3v) is 4.97. The van der Waals surface area contributed by atoms with Crippen molar-refractivity contribution >= 4 is 35.8 Å². The number of nitrogen functional groups attached to an aromatic ring is 1. The summed E-state index contributed by atoms with van der Waals surface area (Å²) in [6.07, 6.45) is 1.22. The molecule has 1 heterocycles. The SMILES string of the molecule is CN=C(NCCCc1nn(-c2ccc(F)cc2)c(N)c1C#N)NCc1ccc(F)c(C)c1.I. The van der Waals surface area contributed by atoms with E-state index in [1.165, 1.54) is 22.9 Å². The Morgan fingerprint density at radius 1 is 1.18 bits per heavy atom. The Morgan fingerprint density at radius 3 is 2.55 bits per heavy atom. The number of nitrogens with two attached hydrogens (primary N) is 1. The number of nitrogens with one attached hydrogen (secondary N) is 2. The van der Waals surface area contributed by atoms with Crippen LogP contribution in [0.3, 0.4) is 0 Å². The van der Waals surface area contributed by atoms with E-state index in [1.54, 1.807) is 38.2 Å². The maximum absolute atomic E-state index is 13.4. The van der Waals surface area contributed by atoms with Gasteiger partial charge in [-0.05, 0) is 61.2 Å². The van der Waals surface area contributed by atoms with E-state index in [2.05, 4.69) is 26.8 Å². The van der Waals surface area contributed by atoms with Gasteiger partial charge < -0.3 is 16.4 Å². The molecule has 0 bridgehead atoms. The summed E-state index contributed by atoms with van der Waals surface area (Å²) in [6.45, 7) is 2.83. The lowest BCUT2D eigenvalue weighted by molar-refractivity contribution is 0.617. The predicted octanol–water partition coefficient (Wildman–Crippen LogP) is 3.83. The highest BCUT2D eigenvalue weighted by atomic mass is 127. The number of halogens is 3. The molecule has 33 heavy (non-hydrogen) atoms. The zero-order valence-corrected chi connectivity index (χ0v) is 20.7. The van der Waals surface area contributed by atoms with Crippen molar-refractivity contribution in [2.45, 2.75) is 26.3 Å². The minimum atomic E-state index is -0.358. The zero-order valence-electron chi connectivity index (χ0n) is 18.4. The van der Waals surface area contributed by atoms with Crippen LogP contribution in [0.25, 0.3) is 5.69 Å². The summed E-state index contributed by atoms with van der Waals surface area (Å²) < 4.78 is 28.0. The maximum atomic E-state index is 13.4. The first-order valence-electron chi connectivity index (χ1n) is 10.2. The lowest BCUT2D eigenvalue weighted by Crippen LogP contribution is -2.37. The molecule has 0 aliphatic heterocycles. The van der Waals surface area contributed by atoms with Gasteiger partial charge in [0.1, 0.15) is 29.1 Å². The number of hydrogen-bond donors (Lipinski definition) is 3. The molecule has 174 valence electrons. The first-order chi connectivity index (χ1) is 15.4. The summed E-state index contributed by atoms with van der Waals surface area (Å²) in [4.78, 5) is 4.18. The van der Waals surface area contributed by atoms with Crippen molar-refractivity contribution in [3.05, 3.63) is 76.5 Å². The van der Waals surface area contributed by atoms with Crippen LogP contribution in [0.5, 0.6) is 0 Å². The lowest BCUT2D eigenvalue weighted by Gasteiger charge is -2.12. The van der Waals surface area contributed by atoms with E-state index in [1.807, 2.05) is 0 Å². The van der Waals surface area contributed by atoms with Crippen LogP contribution >= 0.6 is 24.0 Å². The fourth-order valence-corrected chi connectivity index (χ4v) is 3.24. The maximum Gasteiger partial charge on any atom is 0.191 e. The van der Waals surface area contributed by atoms with Crippen LogP contribution in [-0.2, 0) is 13.0 Å². The monoisotopic (exact) mass is 565 g/mol. The van der Waals surface area contributed by atoms with Crippen LogP contribution < -0.4 is 16.4 Å². The fourth-order valence-electron chi connectivity index (χ4n) is 3.24. The van der Waals surface area contributed by atoms with Gasteiger partial charge in [0, 0.05) is 20.1 Å². The number of aromatic nitrogens is 2. The number of nitrogens with zero attached hydrogens (tertiary/aromatic N) is 4. The quantitative estimate of drug-likeness (QED) is 0.175. The molecule has 2 aromatic carbocycles. The number of nitriles is 1. The Morgan fingerprint density at radius 2 is 1.91 bits per heavy atom. The predicted molar refractivity (Wildman–Crippen MR) is 136 cm³/mol. The smallest absolute Gasteiger partial charge is 0.191 e. The summed E-state index contributed by atoms with van der Waals surface area (Å²) in [5.41, 5.74) is 9.13. The molecule has 0 aliphatic rings. The van der Waals surface area contributed by atoms with Gasteiger partial charge in [-0.1, -0.05) is 12.1 Å². The van der Waals surface area contributed by atoms with Crippen LogP contribution in [0.1, 0.15) is 28.8 Å². The van der Waals surface area contributed by atoms with Crippen molar-refractivity contribution in [1.29, 1.82) is 5.26 Å². The fraction of sp³-hybridized carbons (Fsp3) is 0.261. The van der Waals surface area contributed by atoms with Crippen molar-refractivity contribution in [3.63, 3.8) is 0 Å². The summed E-state index contributed by atoms with van der Waals surface area (Å²) >= 11 is 0. The van der Waals surface area contributed by atoms with Crippen molar-refractivity contribution in [2.75, 3.05) is 19.3 Å². The van der Waals surface area contributed by atoms with Gasteiger partial charge in [0.25, 0.3) is 0 Å². The normalized spacial score (nSPS) is 10.9. The van der Waals surface area contributed by atoms with E-state index >= 15 is 0 Å². The summed E-state index contributed by atoms with van der Waals surface area (Å²) in [7, 11) is 1.67. The number of benzene rings is 2. The molecule has 4 N–H and O–H groups in total. The minimum absolute atomic E-state index is 0. The molecule has 0 spiro atoms. The van der Waals surface area contributed by atoms with E-state index in [0.29, 0.717) is 54.4 Å². The largest absolute Gasteiger partial charge is 0.382 e. The molecule has 0 saturated carbocycles. The molecule has 0 amide bonds. The van der Waals surface area contributed by atoms with Gasteiger partial charge >= 0.3 is 0 Å². The van der Waals surface area contributed by atoms with Gasteiger partial charge in [-0.2, -0.15) is 10.4 Å². The number of hydrogen-bond acceptors (Lipinski definition) is 4. The van der Waals surface area contributed by atoms with Crippen molar-refractivity contribution in [3.8, 4) is 11.8 Å². The van der Waals surface area contributed by atoms with Crippen LogP contribution in [0, 0.1) is 29.9 Å². The van der Waals surface area contributed by atoms with E-state index < -0.39 is 0 Å². The molecule has 3 rings (SSSR count). The Labute approximate surface area is 208 Å². The van der Waals surface area contributed by atoms with Crippen LogP contribution in [0.4, 0.5) is 14.6 Å². The van der Waals surface area contributed by atoms with Crippen LogP contribution in [0.15, 0.2) is 47.5 Å². The Bertz CT molecular complexity index is 1150. The molecule has 0 radical (unpaired) electrons. The lowest BCUT2D eigenvalue weighted by atomic mass is 10.1. The topological polar surface area (TPSA) is 104 Å². The number of anilines is 1. The van der Waals surface area contributed by atoms with Gasteiger partial charge in [-0.25, -0.2) is 13.5 Å². The minimum Gasteiger partial charge on any atom is -0.382 e. The zero-order chi connectivity index (χ0) is 23.1. The standard InChI is InChI=1S/C23H25F2N7.HI/c1-15-12-16(5-10-20(15)25)14-30-23(28-2)29-11-3-4-21-19(13-26)22(27)32(31-21)18-8-6-17(24)7-9-18;/h5-10,12H,3-4,11,14,27H2,1-2H3,(H2,28,29,30);1H. The van der Waals surface area contributed by atoms with Gasteiger partial charge in [-0.3, -0.25) is 4.99 Å². The van der Waals surface area contributed by atoms with Crippen LogP contribution in [0.2, 0.25) is 0 Å². The molecule has 0 atom stereocenters. The van der Waals surface area contributed by atoms with E-state index in [4.69, 9.17) is 5.73 Å². The Kier molecular flexibility index (Phi) is 9.59. The van der Waals surface area contributed by atoms with E-state index in [9.17, 15) is 14.0 Å². The average molecular weight is 565 g/mol. The van der Waals surface area contributed by atoms with E-state index in [-0.39, 0.29) is 41.4 Å². The second-order valence-electron chi connectivity index (χ2n) is 7.25. The highest BCUT2D eigenvalue weighted by Gasteiger charge is 2.16. The number of guanidine groups is 1. The number of aryl methyl sites for hydroxylation is 2. The molecule has 0 fully saturated rings. The molecular weight excluding hydrogens is 539 g/mol. The second kappa shape index (κ2) is 12.2. The van der Waals surface area contributed by atoms with Crippen molar-refractivity contribution < 1.29 is 8.78 Å². The number of aliphatic imine (C=N–C) groups is 1.